The van der Waals surface area contributed by atoms with E-state index in [1.807, 2.05) is 0 Å². The van der Waals surface area contributed by atoms with Gasteiger partial charge in [-0.05, 0) is 36.7 Å². The van der Waals surface area contributed by atoms with Crippen molar-refractivity contribution in [1.82, 2.24) is 0 Å². The Labute approximate surface area is 140 Å². The predicted octanol–water partition coefficient (Wildman–Crippen LogP) is 4.87. The molecule has 0 aliphatic heterocycles. The van der Waals surface area contributed by atoms with Gasteiger partial charge in [-0.2, -0.15) is 10.2 Å². The number of nitro groups is 1. The fourth-order valence-corrected chi connectivity index (χ4v) is 4.18. The van der Waals surface area contributed by atoms with Crippen molar-refractivity contribution in [1.29, 1.82) is 0 Å². The Bertz CT molecular complexity index is 727. The average molecular weight is 334 g/mol. The monoisotopic (exact) mass is 333 g/mol. The molecular weight excluding hydrogens is 314 g/mol. The second-order valence-corrected chi connectivity index (χ2v) is 7.66. The van der Waals surface area contributed by atoms with Crippen LogP contribution in [0.4, 0.5) is 5.69 Å². The molecule has 0 radical (unpaired) electrons. The molecule has 0 aromatic heterocycles. The van der Waals surface area contributed by atoms with Gasteiger partial charge in [0.25, 0.3) is 5.69 Å². The number of hydrogen-bond donors (Lipinski definition) is 0. The van der Waals surface area contributed by atoms with Crippen molar-refractivity contribution >= 4 is 29.2 Å². The summed E-state index contributed by atoms with van der Waals surface area (Å²) >= 11 is 5.81. The van der Waals surface area contributed by atoms with Crippen LogP contribution in [0.3, 0.4) is 0 Å². The molecule has 23 heavy (non-hydrogen) atoms. The first kappa shape index (κ1) is 16.1. The van der Waals surface area contributed by atoms with Crippen molar-refractivity contribution in [2.24, 2.45) is 27.0 Å². The van der Waals surface area contributed by atoms with Gasteiger partial charge < -0.3 is 0 Å². The van der Waals surface area contributed by atoms with Crippen LogP contribution in [0.5, 0.6) is 0 Å². The fraction of sp³-hybridized carbons (Fsp3) is 0.529. The molecule has 122 valence electrons. The van der Waals surface area contributed by atoms with E-state index >= 15 is 0 Å². The van der Waals surface area contributed by atoms with Gasteiger partial charge in [-0.1, -0.05) is 38.4 Å². The zero-order chi connectivity index (χ0) is 16.8. The van der Waals surface area contributed by atoms with E-state index in [1.165, 1.54) is 18.6 Å². The van der Waals surface area contributed by atoms with Gasteiger partial charge in [-0.3, -0.25) is 10.1 Å². The van der Waals surface area contributed by atoms with E-state index in [-0.39, 0.29) is 21.5 Å². The van der Waals surface area contributed by atoms with Gasteiger partial charge in [0, 0.05) is 22.8 Å². The van der Waals surface area contributed by atoms with Crippen LogP contribution < -0.4 is 0 Å². The van der Waals surface area contributed by atoms with Gasteiger partial charge in [0.2, 0.25) is 0 Å². The van der Waals surface area contributed by atoms with E-state index < -0.39 is 4.92 Å². The highest BCUT2D eigenvalue weighted by atomic mass is 35.5. The standard InChI is InChI=1S/C17H20ClN3O2/c1-16(2)12-6-7-17(16,3)15(9-12)20-19-10-11-4-5-13(18)14(8-11)21(22)23/h4-5,8,10,12H,6-7,9H2,1-3H3/b19-10+,20-15+. The number of hydrogen-bond acceptors (Lipinski definition) is 4. The molecule has 3 rings (SSSR count). The summed E-state index contributed by atoms with van der Waals surface area (Å²) < 4.78 is 0. The molecule has 0 saturated heterocycles. The van der Waals surface area contributed by atoms with Gasteiger partial charge in [-0.15, -0.1) is 0 Å². The molecule has 1 aromatic carbocycles. The molecule has 2 fully saturated rings. The molecule has 1 aromatic rings. The van der Waals surface area contributed by atoms with Crippen LogP contribution in [-0.2, 0) is 0 Å². The summed E-state index contributed by atoms with van der Waals surface area (Å²) in [5, 5.41) is 19.7. The van der Waals surface area contributed by atoms with Crippen LogP contribution in [0, 0.1) is 26.9 Å². The lowest BCUT2D eigenvalue weighted by molar-refractivity contribution is -0.384. The van der Waals surface area contributed by atoms with E-state index in [1.54, 1.807) is 12.3 Å². The Hall–Kier alpha value is -1.75. The molecular formula is C17H20ClN3O2. The molecule has 2 saturated carbocycles. The zero-order valence-corrected chi connectivity index (χ0v) is 14.3. The highest BCUT2D eigenvalue weighted by Crippen LogP contribution is 2.63. The minimum absolute atomic E-state index is 0.112. The summed E-state index contributed by atoms with van der Waals surface area (Å²) in [5.74, 6) is 0.679. The third-order valence-electron chi connectivity index (χ3n) is 6.06. The molecule has 0 spiro atoms. The predicted molar refractivity (Wildman–Crippen MR) is 92.4 cm³/mol. The first-order valence-electron chi connectivity index (χ1n) is 7.80. The Morgan fingerprint density at radius 3 is 2.70 bits per heavy atom. The van der Waals surface area contributed by atoms with Crippen molar-refractivity contribution in [3.63, 3.8) is 0 Å². The van der Waals surface area contributed by atoms with Gasteiger partial charge in [-0.25, -0.2) is 0 Å². The van der Waals surface area contributed by atoms with Crippen molar-refractivity contribution < 1.29 is 4.92 Å². The molecule has 2 aliphatic carbocycles. The maximum atomic E-state index is 10.9. The molecule has 2 unspecified atom stereocenters. The van der Waals surface area contributed by atoms with Crippen LogP contribution in [-0.4, -0.2) is 16.8 Å². The number of rotatable bonds is 3. The summed E-state index contributed by atoms with van der Waals surface area (Å²) in [6.07, 6.45) is 4.97. The van der Waals surface area contributed by atoms with Crippen molar-refractivity contribution in [2.75, 3.05) is 0 Å². The van der Waals surface area contributed by atoms with Crippen LogP contribution in [0.1, 0.15) is 45.6 Å². The summed E-state index contributed by atoms with van der Waals surface area (Å²) in [6, 6.07) is 4.63. The number of nitrogens with zero attached hydrogens (tertiary/aromatic N) is 3. The summed E-state index contributed by atoms with van der Waals surface area (Å²) in [4.78, 5) is 10.4. The fourth-order valence-electron chi connectivity index (χ4n) is 3.99. The van der Waals surface area contributed by atoms with Crippen molar-refractivity contribution in [3.05, 3.63) is 38.9 Å². The Morgan fingerprint density at radius 2 is 2.13 bits per heavy atom. The maximum absolute atomic E-state index is 10.9. The topological polar surface area (TPSA) is 67.9 Å². The largest absolute Gasteiger partial charge is 0.288 e. The third-order valence-corrected chi connectivity index (χ3v) is 6.38. The molecule has 2 atom stereocenters. The summed E-state index contributed by atoms with van der Waals surface area (Å²) in [7, 11) is 0. The molecule has 5 nitrogen and oxygen atoms in total. The first-order valence-corrected chi connectivity index (χ1v) is 8.18. The van der Waals surface area contributed by atoms with E-state index in [9.17, 15) is 10.1 Å². The Balaban J connectivity index is 1.83. The lowest BCUT2D eigenvalue weighted by atomic mass is 9.70. The van der Waals surface area contributed by atoms with Crippen molar-refractivity contribution in [2.45, 2.75) is 40.0 Å². The number of halogens is 1. The van der Waals surface area contributed by atoms with Gasteiger partial charge in [0.05, 0.1) is 11.1 Å². The second kappa shape index (κ2) is 5.41. The quantitative estimate of drug-likeness (QED) is 0.450. The smallest absolute Gasteiger partial charge is 0.258 e. The molecule has 0 N–H and O–H groups in total. The zero-order valence-electron chi connectivity index (χ0n) is 13.5. The lowest BCUT2D eigenvalue weighted by Crippen LogP contribution is -2.32. The van der Waals surface area contributed by atoms with E-state index in [0.29, 0.717) is 11.5 Å². The lowest BCUT2D eigenvalue weighted by Gasteiger charge is -2.34. The number of nitro benzene ring substituents is 1. The highest BCUT2D eigenvalue weighted by Gasteiger charge is 2.59. The number of benzene rings is 1. The van der Waals surface area contributed by atoms with E-state index in [4.69, 9.17) is 11.6 Å². The van der Waals surface area contributed by atoms with Crippen LogP contribution in [0.2, 0.25) is 5.02 Å². The van der Waals surface area contributed by atoms with E-state index in [2.05, 4.69) is 31.0 Å². The van der Waals surface area contributed by atoms with Crippen molar-refractivity contribution in [3.8, 4) is 0 Å². The Morgan fingerprint density at radius 1 is 1.39 bits per heavy atom. The van der Waals surface area contributed by atoms with Gasteiger partial charge in [0.15, 0.2) is 0 Å². The molecule has 2 aliphatic rings. The van der Waals surface area contributed by atoms with Gasteiger partial charge in [0.1, 0.15) is 5.02 Å². The molecule has 2 bridgehead atoms. The highest BCUT2D eigenvalue weighted by molar-refractivity contribution is 6.32. The minimum Gasteiger partial charge on any atom is -0.258 e. The number of fused-ring (bicyclic) bond motifs is 2. The molecule has 0 amide bonds. The summed E-state index contributed by atoms with van der Waals surface area (Å²) in [6.45, 7) is 6.92. The van der Waals surface area contributed by atoms with Gasteiger partial charge >= 0.3 is 0 Å². The minimum atomic E-state index is -0.495. The van der Waals surface area contributed by atoms with Crippen LogP contribution >= 0.6 is 11.6 Å². The Kier molecular flexibility index (Phi) is 3.79. The summed E-state index contributed by atoms with van der Waals surface area (Å²) in [5.41, 5.74) is 2.04. The average Bonchev–Trinajstić information content (AvgIpc) is 2.82. The first-order chi connectivity index (χ1) is 10.8. The third kappa shape index (κ3) is 2.47. The normalized spacial score (nSPS) is 30.4. The van der Waals surface area contributed by atoms with Crippen LogP contribution in [0.25, 0.3) is 0 Å². The SMILES string of the molecule is CC12CCC(C/C1=N\N=C\c1ccc(Cl)c([N+](=O)[O-])c1)C2(C)C. The second-order valence-electron chi connectivity index (χ2n) is 7.25. The maximum Gasteiger partial charge on any atom is 0.288 e. The van der Waals surface area contributed by atoms with Crippen LogP contribution in [0.15, 0.2) is 28.4 Å². The molecule has 0 heterocycles. The van der Waals surface area contributed by atoms with E-state index in [0.717, 1.165) is 18.6 Å². The molecule has 6 heteroatoms.